The third-order valence-corrected chi connectivity index (χ3v) is 1.75. The fourth-order valence-corrected chi connectivity index (χ4v) is 0.931. The standard InChI is InChI=1S/C5H5ClN4O4/c1-14-5-3(10(12)13)2(7)4(6)9(11)8-5/h7H2,1H3. The fraction of sp³-hybridized carbons (Fsp3) is 0.200. The molecule has 0 bridgehead atoms. The van der Waals surface area contributed by atoms with E-state index in [0.717, 1.165) is 7.11 Å². The number of halogens is 1. The Labute approximate surface area is 82.6 Å². The number of aromatic nitrogens is 2. The van der Waals surface area contributed by atoms with Gasteiger partial charge >= 0.3 is 16.7 Å². The first kappa shape index (κ1) is 10.3. The number of hydrogen-bond donors (Lipinski definition) is 1. The minimum absolute atomic E-state index is 0.0529. The number of ether oxygens (including phenoxy) is 1. The summed E-state index contributed by atoms with van der Waals surface area (Å²) in [6, 6.07) is 0. The van der Waals surface area contributed by atoms with Crippen LogP contribution in [0.15, 0.2) is 0 Å². The summed E-state index contributed by atoms with van der Waals surface area (Å²) in [5.41, 5.74) is 4.15. The van der Waals surface area contributed by atoms with Gasteiger partial charge in [0, 0.05) is 0 Å². The third-order valence-electron chi connectivity index (χ3n) is 1.41. The van der Waals surface area contributed by atoms with Crippen LogP contribution in [0.4, 0.5) is 11.4 Å². The highest BCUT2D eigenvalue weighted by Gasteiger charge is 2.30. The van der Waals surface area contributed by atoms with Crippen LogP contribution >= 0.6 is 11.6 Å². The molecule has 0 fully saturated rings. The van der Waals surface area contributed by atoms with E-state index in [1.54, 1.807) is 0 Å². The van der Waals surface area contributed by atoms with E-state index < -0.39 is 27.3 Å². The van der Waals surface area contributed by atoms with Crippen molar-refractivity contribution >= 4 is 23.0 Å². The van der Waals surface area contributed by atoms with Gasteiger partial charge in [-0.1, -0.05) is 0 Å². The lowest BCUT2D eigenvalue weighted by molar-refractivity contribution is -0.667. The highest BCUT2D eigenvalue weighted by molar-refractivity contribution is 6.31. The van der Waals surface area contributed by atoms with Crippen LogP contribution in [-0.4, -0.2) is 17.1 Å². The largest absolute Gasteiger partial charge is 0.593 e. The van der Waals surface area contributed by atoms with Gasteiger partial charge in [0.2, 0.25) is 5.69 Å². The molecular weight excluding hydrogens is 216 g/mol. The molecule has 0 aliphatic rings. The summed E-state index contributed by atoms with van der Waals surface area (Å²) in [6.07, 6.45) is 0. The molecule has 1 aromatic rings. The van der Waals surface area contributed by atoms with Gasteiger partial charge in [0.25, 0.3) is 0 Å². The molecule has 0 radical (unpaired) electrons. The Morgan fingerprint density at radius 3 is 2.71 bits per heavy atom. The third kappa shape index (κ3) is 1.46. The molecule has 0 aliphatic carbocycles. The first-order valence-electron chi connectivity index (χ1n) is 3.26. The normalized spacial score (nSPS) is 9.86. The molecule has 1 heterocycles. The molecule has 0 aromatic carbocycles. The van der Waals surface area contributed by atoms with E-state index in [0.29, 0.717) is 0 Å². The highest BCUT2D eigenvalue weighted by atomic mass is 35.5. The molecule has 0 amide bonds. The topological polar surface area (TPSA) is 118 Å². The molecule has 1 aromatic heterocycles. The minimum atomic E-state index is -0.826. The van der Waals surface area contributed by atoms with Gasteiger partial charge in [-0.15, -0.1) is 0 Å². The second kappa shape index (κ2) is 3.50. The van der Waals surface area contributed by atoms with E-state index in [4.69, 9.17) is 17.3 Å². The molecule has 0 unspecified atom stereocenters. The zero-order valence-electron chi connectivity index (χ0n) is 6.93. The number of methoxy groups -OCH3 is 1. The summed E-state index contributed by atoms with van der Waals surface area (Å²) in [5.74, 6) is -0.480. The summed E-state index contributed by atoms with van der Waals surface area (Å²) in [6.45, 7) is 0. The van der Waals surface area contributed by atoms with E-state index in [1.807, 2.05) is 0 Å². The lowest BCUT2D eigenvalue weighted by atomic mass is 10.4. The van der Waals surface area contributed by atoms with E-state index in [2.05, 4.69) is 9.84 Å². The Morgan fingerprint density at radius 2 is 2.29 bits per heavy atom. The average Bonchev–Trinajstić information content (AvgIpc) is 2.12. The van der Waals surface area contributed by atoms with Crippen molar-refractivity contribution in [1.82, 2.24) is 5.10 Å². The average molecular weight is 221 g/mol. The van der Waals surface area contributed by atoms with Crippen LogP contribution in [0.1, 0.15) is 0 Å². The van der Waals surface area contributed by atoms with Gasteiger partial charge < -0.3 is 15.7 Å². The Balaban J connectivity index is 3.53. The zero-order chi connectivity index (χ0) is 10.9. The number of nitrogens with two attached hydrogens (primary N) is 1. The second-order valence-electron chi connectivity index (χ2n) is 2.19. The van der Waals surface area contributed by atoms with Crippen molar-refractivity contribution in [3.05, 3.63) is 20.5 Å². The minimum Gasteiger partial charge on any atom is -0.593 e. The second-order valence-corrected chi connectivity index (χ2v) is 2.55. The number of nitrogen functional groups attached to an aromatic ring is 1. The Bertz CT molecular complexity index is 396. The van der Waals surface area contributed by atoms with Gasteiger partial charge in [0.05, 0.1) is 17.1 Å². The van der Waals surface area contributed by atoms with Crippen LogP contribution in [0.5, 0.6) is 5.88 Å². The van der Waals surface area contributed by atoms with Gasteiger partial charge in [-0.05, 0) is 16.4 Å². The molecule has 14 heavy (non-hydrogen) atoms. The Kier molecular flexibility index (Phi) is 2.56. The van der Waals surface area contributed by atoms with E-state index >= 15 is 0 Å². The number of hydrogen-bond acceptors (Lipinski definition) is 6. The molecule has 0 saturated carbocycles. The van der Waals surface area contributed by atoms with Crippen LogP contribution in [0, 0.1) is 15.3 Å². The maximum absolute atomic E-state index is 10.9. The monoisotopic (exact) mass is 220 g/mol. The molecule has 76 valence electrons. The summed E-state index contributed by atoms with van der Waals surface area (Å²) >= 11 is 5.36. The van der Waals surface area contributed by atoms with Crippen LogP contribution in [0.2, 0.25) is 5.15 Å². The quantitative estimate of drug-likeness (QED) is 0.321. The molecule has 8 nitrogen and oxygen atoms in total. The summed E-state index contributed by atoms with van der Waals surface area (Å²) in [7, 11) is 1.13. The highest BCUT2D eigenvalue weighted by Crippen LogP contribution is 2.32. The molecule has 9 heteroatoms. The van der Waals surface area contributed by atoms with Crippen molar-refractivity contribution in [2.45, 2.75) is 0 Å². The molecule has 2 N–H and O–H groups in total. The molecule has 0 spiro atoms. The van der Waals surface area contributed by atoms with Crippen molar-refractivity contribution in [2.75, 3.05) is 12.8 Å². The fourth-order valence-electron chi connectivity index (χ4n) is 0.804. The van der Waals surface area contributed by atoms with Gasteiger partial charge in [0.1, 0.15) is 0 Å². The van der Waals surface area contributed by atoms with Crippen LogP contribution < -0.4 is 15.3 Å². The first-order chi connectivity index (χ1) is 6.49. The van der Waals surface area contributed by atoms with E-state index in [-0.39, 0.29) is 4.85 Å². The van der Waals surface area contributed by atoms with Crippen LogP contribution in [0.25, 0.3) is 0 Å². The predicted octanol–water partition coefficient (Wildman–Crippen LogP) is -0.133. The maximum atomic E-state index is 10.9. The van der Waals surface area contributed by atoms with Crippen molar-refractivity contribution < 1.29 is 14.5 Å². The lowest BCUT2D eigenvalue weighted by Crippen LogP contribution is -2.34. The predicted molar refractivity (Wildman–Crippen MR) is 45.8 cm³/mol. The summed E-state index contributed by atoms with van der Waals surface area (Å²) < 4.78 is 4.51. The Hall–Kier alpha value is -1.83. The van der Waals surface area contributed by atoms with E-state index in [1.165, 1.54) is 0 Å². The number of nitro groups is 1. The van der Waals surface area contributed by atoms with Gasteiger partial charge in [-0.2, -0.15) is 0 Å². The number of rotatable bonds is 2. The Morgan fingerprint density at radius 1 is 1.71 bits per heavy atom. The SMILES string of the molecule is COc1n[n+]([O-])c(Cl)c(N)c1[N+](=O)[O-]. The number of nitrogens with zero attached hydrogens (tertiary/aromatic N) is 3. The van der Waals surface area contributed by atoms with Gasteiger partial charge in [0.15, 0.2) is 0 Å². The van der Waals surface area contributed by atoms with Crippen molar-refractivity contribution in [3.63, 3.8) is 0 Å². The number of anilines is 1. The molecule has 0 atom stereocenters. The maximum Gasteiger partial charge on any atom is 0.367 e. The molecule has 1 rings (SSSR count). The van der Waals surface area contributed by atoms with Crippen LogP contribution in [-0.2, 0) is 0 Å². The molecule has 0 aliphatic heterocycles. The lowest BCUT2D eigenvalue weighted by Gasteiger charge is -2.02. The first-order valence-corrected chi connectivity index (χ1v) is 3.64. The summed E-state index contributed by atoms with van der Waals surface area (Å²) in [5, 5.41) is 24.0. The van der Waals surface area contributed by atoms with Crippen molar-refractivity contribution in [2.24, 2.45) is 0 Å². The smallest absolute Gasteiger partial charge is 0.367 e. The van der Waals surface area contributed by atoms with Crippen molar-refractivity contribution in [3.8, 4) is 5.88 Å². The van der Waals surface area contributed by atoms with Gasteiger partial charge in [-0.3, -0.25) is 10.1 Å². The molecular formula is C5H5ClN4O4. The summed E-state index contributed by atoms with van der Waals surface area (Å²) in [4.78, 5) is 9.62. The van der Waals surface area contributed by atoms with E-state index in [9.17, 15) is 15.3 Å². The van der Waals surface area contributed by atoms with Crippen molar-refractivity contribution in [1.29, 1.82) is 0 Å². The molecule has 0 saturated heterocycles. The van der Waals surface area contributed by atoms with Crippen LogP contribution in [0.3, 0.4) is 0 Å². The zero-order valence-corrected chi connectivity index (χ0v) is 7.69. The van der Waals surface area contributed by atoms with Gasteiger partial charge in [-0.25, -0.2) is 0 Å².